The van der Waals surface area contributed by atoms with E-state index in [-0.39, 0.29) is 30.4 Å². The van der Waals surface area contributed by atoms with Gasteiger partial charge < -0.3 is 24.8 Å². The van der Waals surface area contributed by atoms with Crippen molar-refractivity contribution >= 4 is 11.8 Å². The molecule has 0 spiro atoms. The van der Waals surface area contributed by atoms with Gasteiger partial charge in [-0.1, -0.05) is 0 Å². The Morgan fingerprint density at radius 3 is 2.76 bits per heavy atom. The zero-order valence-electron chi connectivity index (χ0n) is 16.5. The number of hydrogen-bond acceptors (Lipinski definition) is 6. The predicted molar refractivity (Wildman–Crippen MR) is 106 cm³/mol. The Morgan fingerprint density at radius 1 is 1.28 bits per heavy atom. The molecular weight excluding hydrogens is 374 g/mol. The Balaban J connectivity index is 1.76. The highest BCUT2D eigenvalue weighted by Gasteiger charge is 2.33. The van der Waals surface area contributed by atoms with Crippen molar-refractivity contribution < 1.29 is 24.2 Å². The first kappa shape index (κ1) is 20.6. The maximum Gasteiger partial charge on any atom is 0.257 e. The maximum absolute atomic E-state index is 13.1. The average molecular weight is 399 g/mol. The number of hydrogen-bond donors (Lipinski definition) is 2. The summed E-state index contributed by atoms with van der Waals surface area (Å²) in [6.07, 6.45) is 3.66. The number of piperidine rings is 1. The summed E-state index contributed by atoms with van der Waals surface area (Å²) in [6, 6.07) is 8.03. The zero-order chi connectivity index (χ0) is 20.8. The first-order chi connectivity index (χ1) is 14.1. The van der Waals surface area contributed by atoms with Crippen LogP contribution in [0, 0.1) is 5.92 Å². The summed E-state index contributed by atoms with van der Waals surface area (Å²) >= 11 is 0. The number of pyridine rings is 1. The third kappa shape index (κ3) is 4.65. The van der Waals surface area contributed by atoms with E-state index < -0.39 is 0 Å². The van der Waals surface area contributed by atoms with E-state index in [1.54, 1.807) is 48.5 Å². The molecule has 29 heavy (non-hydrogen) atoms. The predicted octanol–water partition coefficient (Wildman–Crippen LogP) is 1.35. The van der Waals surface area contributed by atoms with Crippen molar-refractivity contribution in [3.63, 3.8) is 0 Å². The molecule has 0 aliphatic carbocycles. The lowest BCUT2D eigenvalue weighted by Gasteiger charge is -2.38. The summed E-state index contributed by atoms with van der Waals surface area (Å²) in [4.78, 5) is 31.2. The van der Waals surface area contributed by atoms with E-state index in [1.165, 1.54) is 13.3 Å². The Labute approximate surface area is 169 Å². The Kier molecular flexibility index (Phi) is 6.66. The van der Waals surface area contributed by atoms with Crippen LogP contribution in [0.15, 0.2) is 42.7 Å². The van der Waals surface area contributed by atoms with Crippen LogP contribution in [0.25, 0.3) is 0 Å². The minimum absolute atomic E-state index is 0.0636. The Morgan fingerprint density at radius 2 is 2.10 bits per heavy atom. The normalized spacial score (nSPS) is 18.8. The second-order valence-corrected chi connectivity index (χ2v) is 6.87. The van der Waals surface area contributed by atoms with Crippen LogP contribution in [-0.2, 0) is 0 Å². The Hall–Kier alpha value is -3.13. The molecule has 0 radical (unpaired) electrons. The highest BCUT2D eigenvalue weighted by Crippen LogP contribution is 2.27. The van der Waals surface area contributed by atoms with E-state index in [1.807, 2.05) is 0 Å². The number of carbonyl (C=O) groups excluding carboxylic acids is 2. The van der Waals surface area contributed by atoms with Crippen LogP contribution in [0.1, 0.15) is 27.1 Å². The lowest BCUT2D eigenvalue weighted by molar-refractivity contribution is 0.0538. The lowest BCUT2D eigenvalue weighted by Crippen LogP contribution is -2.55. The largest absolute Gasteiger partial charge is 0.497 e. The summed E-state index contributed by atoms with van der Waals surface area (Å²) in [5, 5.41) is 12.7. The highest BCUT2D eigenvalue weighted by atomic mass is 16.5. The molecule has 3 rings (SSSR count). The second-order valence-electron chi connectivity index (χ2n) is 6.87. The number of carbonyl (C=O) groups is 2. The summed E-state index contributed by atoms with van der Waals surface area (Å²) in [5.41, 5.74) is 0.859. The summed E-state index contributed by atoms with van der Waals surface area (Å²) < 4.78 is 10.5. The number of methoxy groups -OCH3 is 2. The number of ether oxygens (including phenoxy) is 2. The van der Waals surface area contributed by atoms with Crippen molar-refractivity contribution in [1.82, 2.24) is 15.2 Å². The van der Waals surface area contributed by atoms with Gasteiger partial charge in [0.25, 0.3) is 11.8 Å². The van der Waals surface area contributed by atoms with Crippen molar-refractivity contribution in [1.29, 1.82) is 0 Å². The van der Waals surface area contributed by atoms with Crippen molar-refractivity contribution in [2.75, 3.05) is 33.9 Å². The third-order valence-corrected chi connectivity index (χ3v) is 5.16. The topological polar surface area (TPSA) is 101 Å². The van der Waals surface area contributed by atoms with Crippen LogP contribution < -0.4 is 14.8 Å². The molecule has 2 atom stereocenters. The molecule has 1 aromatic carbocycles. The van der Waals surface area contributed by atoms with Gasteiger partial charge in [0, 0.05) is 44.1 Å². The minimum atomic E-state index is -0.366. The highest BCUT2D eigenvalue weighted by molar-refractivity contribution is 5.97. The zero-order valence-corrected chi connectivity index (χ0v) is 16.5. The van der Waals surface area contributed by atoms with Crippen LogP contribution in [0.5, 0.6) is 11.5 Å². The first-order valence-electron chi connectivity index (χ1n) is 9.40. The van der Waals surface area contributed by atoms with Gasteiger partial charge in [0.1, 0.15) is 11.5 Å². The van der Waals surface area contributed by atoms with Crippen LogP contribution >= 0.6 is 0 Å². The number of benzene rings is 1. The fraction of sp³-hybridized carbons (Fsp3) is 0.381. The fourth-order valence-electron chi connectivity index (χ4n) is 3.46. The molecule has 8 heteroatoms. The third-order valence-electron chi connectivity index (χ3n) is 5.16. The molecule has 1 aliphatic rings. The standard InChI is InChI=1S/C21H25N3O5/c1-28-16-5-6-17(19(10-16)29-2)21(27)24-9-7-15(13-25)18(12-24)23-20(26)14-4-3-8-22-11-14/h3-6,8,10-11,15,18,25H,7,9,12-13H2,1-2H3,(H,23,26)/t15-,18-/m1/s1. The second kappa shape index (κ2) is 9.38. The van der Waals surface area contributed by atoms with Crippen LogP contribution in [0.4, 0.5) is 0 Å². The molecule has 2 heterocycles. The lowest BCUT2D eigenvalue weighted by atomic mass is 9.91. The summed E-state index contributed by atoms with van der Waals surface area (Å²) in [5.74, 6) is 0.422. The number of rotatable bonds is 6. The fourth-order valence-corrected chi connectivity index (χ4v) is 3.46. The van der Waals surface area contributed by atoms with Gasteiger partial charge in [0.05, 0.1) is 31.4 Å². The monoisotopic (exact) mass is 399 g/mol. The SMILES string of the molecule is COc1ccc(C(=O)N2CC[C@H](CO)[C@H](NC(=O)c3cccnc3)C2)c(OC)c1. The molecule has 0 saturated carbocycles. The van der Waals surface area contributed by atoms with Crippen molar-refractivity contribution in [2.45, 2.75) is 12.5 Å². The Bertz CT molecular complexity index is 859. The van der Waals surface area contributed by atoms with Gasteiger partial charge in [-0.3, -0.25) is 14.6 Å². The van der Waals surface area contributed by atoms with E-state index in [0.717, 1.165) is 0 Å². The van der Waals surface area contributed by atoms with Gasteiger partial charge in [-0.15, -0.1) is 0 Å². The molecule has 1 fully saturated rings. The number of likely N-dealkylation sites (tertiary alicyclic amines) is 1. The molecule has 1 aromatic heterocycles. The number of aliphatic hydroxyl groups excluding tert-OH is 1. The van der Waals surface area contributed by atoms with Gasteiger partial charge in [0.2, 0.25) is 0 Å². The average Bonchev–Trinajstić information content (AvgIpc) is 2.78. The number of aliphatic hydroxyl groups is 1. The maximum atomic E-state index is 13.1. The quantitative estimate of drug-likeness (QED) is 0.761. The van der Waals surface area contributed by atoms with Gasteiger partial charge in [-0.05, 0) is 30.7 Å². The van der Waals surface area contributed by atoms with Crippen LogP contribution in [0.3, 0.4) is 0 Å². The van der Waals surface area contributed by atoms with Crippen LogP contribution in [0.2, 0.25) is 0 Å². The molecule has 2 aromatic rings. The number of nitrogens with zero attached hydrogens (tertiary/aromatic N) is 2. The van der Waals surface area contributed by atoms with Gasteiger partial charge in [-0.25, -0.2) is 0 Å². The number of amides is 2. The molecule has 2 amide bonds. The van der Waals surface area contributed by atoms with Gasteiger partial charge in [-0.2, -0.15) is 0 Å². The number of aromatic nitrogens is 1. The molecule has 0 unspecified atom stereocenters. The molecular formula is C21H25N3O5. The molecule has 1 aliphatic heterocycles. The molecule has 8 nitrogen and oxygen atoms in total. The van der Waals surface area contributed by atoms with E-state index in [4.69, 9.17) is 9.47 Å². The van der Waals surface area contributed by atoms with E-state index in [9.17, 15) is 14.7 Å². The summed E-state index contributed by atoms with van der Waals surface area (Å²) in [7, 11) is 3.05. The van der Waals surface area contributed by atoms with E-state index in [0.29, 0.717) is 42.1 Å². The van der Waals surface area contributed by atoms with Crippen molar-refractivity contribution in [3.05, 3.63) is 53.9 Å². The number of nitrogens with one attached hydrogen (secondary N) is 1. The molecule has 1 saturated heterocycles. The van der Waals surface area contributed by atoms with Gasteiger partial charge in [0.15, 0.2) is 0 Å². The van der Waals surface area contributed by atoms with E-state index >= 15 is 0 Å². The molecule has 2 N–H and O–H groups in total. The van der Waals surface area contributed by atoms with Crippen molar-refractivity contribution in [2.24, 2.45) is 5.92 Å². The smallest absolute Gasteiger partial charge is 0.257 e. The van der Waals surface area contributed by atoms with Gasteiger partial charge >= 0.3 is 0 Å². The van der Waals surface area contributed by atoms with Crippen LogP contribution in [-0.4, -0.2) is 66.8 Å². The van der Waals surface area contributed by atoms with Crippen molar-refractivity contribution in [3.8, 4) is 11.5 Å². The van der Waals surface area contributed by atoms with E-state index in [2.05, 4.69) is 10.3 Å². The first-order valence-corrected chi connectivity index (χ1v) is 9.40. The summed E-state index contributed by atoms with van der Waals surface area (Å²) in [6.45, 7) is 0.718. The molecule has 154 valence electrons. The molecule has 0 bridgehead atoms. The minimum Gasteiger partial charge on any atom is -0.497 e.